The third-order valence-corrected chi connectivity index (χ3v) is 4.95. The maximum Gasteiger partial charge on any atom is 0.275 e. The molecule has 0 radical (unpaired) electrons. The monoisotopic (exact) mass is 368 g/mol. The Kier molecular flexibility index (Phi) is 6.24. The van der Waals surface area contributed by atoms with Gasteiger partial charge in [0.1, 0.15) is 11.5 Å². The molecule has 1 aromatic carbocycles. The van der Waals surface area contributed by atoms with Crippen molar-refractivity contribution < 1.29 is 4.79 Å². The second kappa shape index (κ2) is 8.81. The number of carbonyl (C=O) groups is 1. The Morgan fingerprint density at radius 2 is 1.70 bits per heavy atom. The zero-order valence-electron chi connectivity index (χ0n) is 16.4. The molecule has 2 heterocycles. The molecule has 0 spiro atoms. The number of benzene rings is 1. The first kappa shape index (κ1) is 19.1. The number of hydrogen-bond acceptors (Lipinski definition) is 6. The molecule has 1 saturated heterocycles. The normalized spacial score (nSPS) is 14.9. The number of amides is 1. The van der Waals surface area contributed by atoms with Gasteiger partial charge in [0.25, 0.3) is 5.91 Å². The summed E-state index contributed by atoms with van der Waals surface area (Å²) in [6, 6.07) is 7.87. The van der Waals surface area contributed by atoms with Crippen LogP contribution in [0.15, 0.2) is 36.7 Å². The number of aromatic nitrogens is 2. The molecule has 0 bridgehead atoms. The Morgan fingerprint density at radius 1 is 1.04 bits per heavy atom. The molecule has 27 heavy (non-hydrogen) atoms. The number of nitrogens with one attached hydrogen (secondary N) is 1. The number of nitrogens with zero attached hydrogens (tertiary/aromatic N) is 5. The predicted octanol–water partition coefficient (Wildman–Crippen LogP) is 2.33. The molecule has 2 aromatic rings. The third-order valence-electron chi connectivity index (χ3n) is 4.95. The van der Waals surface area contributed by atoms with Crippen molar-refractivity contribution in [3.8, 4) is 0 Å². The molecule has 1 N–H and O–H groups in total. The number of likely N-dealkylation sites (N-methyl/N-ethyl adjacent to an activating group) is 1. The average molecular weight is 368 g/mol. The van der Waals surface area contributed by atoms with Crippen molar-refractivity contribution in [1.82, 2.24) is 14.9 Å². The molecule has 1 amide bonds. The van der Waals surface area contributed by atoms with Crippen molar-refractivity contribution in [1.29, 1.82) is 0 Å². The Labute approximate surface area is 161 Å². The average Bonchev–Trinajstić information content (AvgIpc) is 2.71. The van der Waals surface area contributed by atoms with Gasteiger partial charge in [0, 0.05) is 50.6 Å². The van der Waals surface area contributed by atoms with Crippen LogP contribution in [-0.2, 0) is 0 Å². The second-order valence-electron chi connectivity index (χ2n) is 6.72. The summed E-state index contributed by atoms with van der Waals surface area (Å²) in [6.45, 7) is 10.0. The van der Waals surface area contributed by atoms with Crippen LogP contribution >= 0.6 is 0 Å². The highest BCUT2D eigenvalue weighted by atomic mass is 16.1. The zero-order valence-corrected chi connectivity index (χ0v) is 16.4. The lowest BCUT2D eigenvalue weighted by Crippen LogP contribution is -2.44. The lowest BCUT2D eigenvalue weighted by atomic mass is 10.2. The molecule has 1 aromatic heterocycles. The van der Waals surface area contributed by atoms with Crippen molar-refractivity contribution in [3.05, 3.63) is 42.4 Å². The summed E-state index contributed by atoms with van der Waals surface area (Å²) in [7, 11) is 2.12. The van der Waals surface area contributed by atoms with Gasteiger partial charge in [-0.25, -0.2) is 9.97 Å². The van der Waals surface area contributed by atoms with Crippen LogP contribution in [0, 0.1) is 0 Å². The first-order valence-electron chi connectivity index (χ1n) is 9.52. The number of anilines is 3. The fraction of sp³-hybridized carbons (Fsp3) is 0.450. The van der Waals surface area contributed by atoms with Crippen LogP contribution in [0.2, 0.25) is 0 Å². The molecular weight excluding hydrogens is 340 g/mol. The number of carbonyl (C=O) groups excluding carboxylic acids is 1. The SMILES string of the molecule is CCN(CC)c1ccc(NC(=O)c2cnc(N3CCN(C)CC3)cn2)cc1. The molecule has 0 atom stereocenters. The summed E-state index contributed by atoms with van der Waals surface area (Å²) in [5, 5.41) is 2.88. The lowest BCUT2D eigenvalue weighted by Gasteiger charge is -2.32. The molecule has 7 heteroatoms. The van der Waals surface area contributed by atoms with E-state index in [1.807, 2.05) is 24.3 Å². The van der Waals surface area contributed by atoms with E-state index in [0.29, 0.717) is 5.69 Å². The highest BCUT2D eigenvalue weighted by Crippen LogP contribution is 2.18. The van der Waals surface area contributed by atoms with E-state index in [1.165, 1.54) is 0 Å². The van der Waals surface area contributed by atoms with E-state index in [-0.39, 0.29) is 5.91 Å². The molecule has 3 rings (SSSR count). The third kappa shape index (κ3) is 4.74. The van der Waals surface area contributed by atoms with Gasteiger partial charge in [0.2, 0.25) is 0 Å². The van der Waals surface area contributed by atoms with Crippen molar-refractivity contribution >= 4 is 23.1 Å². The van der Waals surface area contributed by atoms with Crippen LogP contribution in [-0.4, -0.2) is 67.1 Å². The fourth-order valence-electron chi connectivity index (χ4n) is 3.18. The molecular formula is C20H28N6O. The second-order valence-corrected chi connectivity index (χ2v) is 6.72. The van der Waals surface area contributed by atoms with Gasteiger partial charge >= 0.3 is 0 Å². The number of piperazine rings is 1. The van der Waals surface area contributed by atoms with Crippen LogP contribution in [0.1, 0.15) is 24.3 Å². The summed E-state index contributed by atoms with van der Waals surface area (Å²) >= 11 is 0. The van der Waals surface area contributed by atoms with Crippen LogP contribution in [0.5, 0.6) is 0 Å². The molecule has 7 nitrogen and oxygen atoms in total. The first-order chi connectivity index (χ1) is 13.1. The summed E-state index contributed by atoms with van der Waals surface area (Å²) in [4.78, 5) is 27.9. The smallest absolute Gasteiger partial charge is 0.275 e. The van der Waals surface area contributed by atoms with E-state index < -0.39 is 0 Å². The van der Waals surface area contributed by atoms with Gasteiger partial charge in [-0.15, -0.1) is 0 Å². The molecule has 1 aliphatic heterocycles. The summed E-state index contributed by atoms with van der Waals surface area (Å²) < 4.78 is 0. The molecule has 144 valence electrons. The molecule has 1 fully saturated rings. The van der Waals surface area contributed by atoms with Crippen molar-refractivity contribution in [2.75, 3.05) is 61.4 Å². The largest absolute Gasteiger partial charge is 0.372 e. The van der Waals surface area contributed by atoms with Crippen LogP contribution in [0.25, 0.3) is 0 Å². The summed E-state index contributed by atoms with van der Waals surface area (Å²) in [5.74, 6) is 0.575. The molecule has 0 unspecified atom stereocenters. The summed E-state index contributed by atoms with van der Waals surface area (Å²) in [5.41, 5.74) is 2.22. The van der Waals surface area contributed by atoms with Gasteiger partial charge < -0.3 is 20.0 Å². The van der Waals surface area contributed by atoms with Gasteiger partial charge in [-0.1, -0.05) is 0 Å². The van der Waals surface area contributed by atoms with Crippen LogP contribution in [0.4, 0.5) is 17.2 Å². The predicted molar refractivity (Wildman–Crippen MR) is 110 cm³/mol. The van der Waals surface area contributed by atoms with E-state index in [9.17, 15) is 4.79 Å². The van der Waals surface area contributed by atoms with Crippen molar-refractivity contribution in [2.24, 2.45) is 0 Å². The van der Waals surface area contributed by atoms with Gasteiger partial charge in [-0.2, -0.15) is 0 Å². The number of hydrogen-bond donors (Lipinski definition) is 1. The van der Waals surface area contributed by atoms with E-state index in [2.05, 4.69) is 50.9 Å². The van der Waals surface area contributed by atoms with Crippen molar-refractivity contribution in [2.45, 2.75) is 13.8 Å². The first-order valence-corrected chi connectivity index (χ1v) is 9.52. The minimum atomic E-state index is -0.247. The minimum absolute atomic E-state index is 0.247. The molecule has 0 aliphatic carbocycles. The fourth-order valence-corrected chi connectivity index (χ4v) is 3.18. The highest BCUT2D eigenvalue weighted by Gasteiger charge is 2.16. The van der Waals surface area contributed by atoms with E-state index in [4.69, 9.17) is 0 Å². The molecule has 0 saturated carbocycles. The minimum Gasteiger partial charge on any atom is -0.372 e. The van der Waals surface area contributed by atoms with E-state index >= 15 is 0 Å². The number of rotatable bonds is 6. The van der Waals surface area contributed by atoms with Gasteiger partial charge in [0.15, 0.2) is 0 Å². The maximum absolute atomic E-state index is 12.4. The van der Waals surface area contributed by atoms with E-state index in [0.717, 1.165) is 56.5 Å². The lowest BCUT2D eigenvalue weighted by molar-refractivity contribution is 0.102. The van der Waals surface area contributed by atoms with Gasteiger partial charge in [-0.05, 0) is 45.2 Å². The van der Waals surface area contributed by atoms with Crippen LogP contribution in [0.3, 0.4) is 0 Å². The quantitative estimate of drug-likeness (QED) is 0.844. The Balaban J connectivity index is 1.61. The standard InChI is InChI=1S/C20H28N6O/c1-4-25(5-2)17-8-6-16(7-9-17)23-20(27)18-14-22-19(15-21-18)26-12-10-24(3)11-13-26/h6-9,14-15H,4-5,10-13H2,1-3H3,(H,23,27). The molecule has 1 aliphatic rings. The summed E-state index contributed by atoms with van der Waals surface area (Å²) in [6.07, 6.45) is 3.23. The highest BCUT2D eigenvalue weighted by molar-refractivity contribution is 6.02. The van der Waals surface area contributed by atoms with Gasteiger partial charge in [0.05, 0.1) is 12.4 Å². The Bertz CT molecular complexity index is 734. The maximum atomic E-state index is 12.4. The van der Waals surface area contributed by atoms with Crippen LogP contribution < -0.4 is 15.1 Å². The van der Waals surface area contributed by atoms with Crippen molar-refractivity contribution in [3.63, 3.8) is 0 Å². The zero-order chi connectivity index (χ0) is 19.2. The van der Waals surface area contributed by atoms with Gasteiger partial charge in [-0.3, -0.25) is 4.79 Å². The Hall–Kier alpha value is -2.67. The Morgan fingerprint density at radius 3 is 2.26 bits per heavy atom. The van der Waals surface area contributed by atoms with E-state index in [1.54, 1.807) is 12.4 Å². The topological polar surface area (TPSA) is 64.6 Å².